The first-order chi connectivity index (χ1) is 19.3. The van der Waals surface area contributed by atoms with Gasteiger partial charge in [-0.05, 0) is 35.9 Å². The third-order valence-corrected chi connectivity index (χ3v) is 8.48. The molecule has 40 heavy (non-hydrogen) atoms. The SMILES string of the molecule is COc1ncc2cc1NS(=O)(=O)c1cccc(c1)C(=O)NCC(=O)NCc1cccc(c1)-c1cnc3sc-2nn13. The minimum atomic E-state index is -4.15. The van der Waals surface area contributed by atoms with E-state index in [1.807, 2.05) is 24.3 Å². The Labute approximate surface area is 232 Å². The molecular formula is C26H21N7O5S2. The number of carbonyl (C=O) groups is 2. The summed E-state index contributed by atoms with van der Waals surface area (Å²) >= 11 is 1.31. The van der Waals surface area contributed by atoms with E-state index in [1.54, 1.807) is 23.0 Å². The van der Waals surface area contributed by atoms with Crippen LogP contribution >= 0.6 is 11.3 Å². The summed E-state index contributed by atoms with van der Waals surface area (Å²) in [5.74, 6) is -0.931. The molecule has 2 aromatic carbocycles. The van der Waals surface area contributed by atoms with E-state index in [2.05, 4.69) is 25.3 Å². The van der Waals surface area contributed by atoms with Gasteiger partial charge in [0.2, 0.25) is 16.7 Å². The smallest absolute Gasteiger partial charge is 0.262 e. The van der Waals surface area contributed by atoms with E-state index in [0.29, 0.717) is 15.5 Å². The van der Waals surface area contributed by atoms with Crippen LogP contribution in [0.4, 0.5) is 5.69 Å². The number of fused-ring (bicyclic) bond motifs is 9. The minimum Gasteiger partial charge on any atom is -0.480 e. The lowest BCUT2D eigenvalue weighted by molar-refractivity contribution is -0.120. The van der Waals surface area contributed by atoms with Crippen molar-refractivity contribution in [1.82, 2.24) is 30.2 Å². The van der Waals surface area contributed by atoms with Gasteiger partial charge < -0.3 is 15.4 Å². The van der Waals surface area contributed by atoms with Crippen LogP contribution in [0.1, 0.15) is 15.9 Å². The number of methoxy groups -OCH3 is 1. The van der Waals surface area contributed by atoms with Gasteiger partial charge in [-0.3, -0.25) is 14.3 Å². The number of pyridine rings is 1. The van der Waals surface area contributed by atoms with Crippen molar-refractivity contribution in [2.24, 2.45) is 0 Å². The molecule has 2 amide bonds. The van der Waals surface area contributed by atoms with Gasteiger partial charge in [0.25, 0.3) is 15.9 Å². The fourth-order valence-corrected chi connectivity index (χ4v) is 6.14. The predicted molar refractivity (Wildman–Crippen MR) is 148 cm³/mol. The van der Waals surface area contributed by atoms with E-state index >= 15 is 0 Å². The first-order valence-electron chi connectivity index (χ1n) is 12.0. The molecule has 8 bridgehead atoms. The fourth-order valence-electron chi connectivity index (χ4n) is 4.19. The summed E-state index contributed by atoms with van der Waals surface area (Å²) in [6.45, 7) is -0.0409. The standard InChI is InChI=1S/C26H21N7O5S2/c1-38-24-20-10-18(12-29-24)25-31-33-21(13-30-26(33)39-25)16-5-2-4-15(8-16)11-27-22(34)14-28-23(35)17-6-3-7-19(9-17)40(36,37)32-20/h2-10,12-13,32H,11,14H2,1H3,(H,27,34)(H,28,35). The summed E-state index contributed by atoms with van der Waals surface area (Å²) in [5, 5.41) is 10.6. The summed E-state index contributed by atoms with van der Waals surface area (Å²) < 4.78 is 36.1. The molecule has 0 fully saturated rings. The maximum atomic E-state index is 13.3. The van der Waals surface area contributed by atoms with E-state index in [1.165, 1.54) is 42.7 Å². The number of benzene rings is 2. The molecule has 3 aromatic heterocycles. The largest absolute Gasteiger partial charge is 0.480 e. The topological polar surface area (TPSA) is 157 Å². The van der Waals surface area contributed by atoms with Gasteiger partial charge in [-0.1, -0.05) is 35.6 Å². The number of amides is 2. The number of nitrogens with zero attached hydrogens (tertiary/aromatic N) is 4. The molecule has 0 atom stereocenters. The third kappa shape index (κ3) is 4.85. The molecule has 4 heterocycles. The van der Waals surface area contributed by atoms with Crippen LogP contribution in [0.15, 0.2) is 71.9 Å². The second-order valence-corrected chi connectivity index (χ2v) is 11.5. The molecular weight excluding hydrogens is 554 g/mol. The first kappa shape index (κ1) is 25.5. The second kappa shape index (κ2) is 10.1. The lowest BCUT2D eigenvalue weighted by Crippen LogP contribution is -2.36. The Hall–Kier alpha value is -4.82. The number of sulfonamides is 1. The molecule has 12 nitrogen and oxygen atoms in total. The highest BCUT2D eigenvalue weighted by molar-refractivity contribution is 7.92. The number of hydrogen-bond acceptors (Lipinski definition) is 9. The Balaban J connectivity index is 1.47. The van der Waals surface area contributed by atoms with Crippen LogP contribution < -0.4 is 20.1 Å². The van der Waals surface area contributed by atoms with Crippen molar-refractivity contribution in [3.63, 3.8) is 0 Å². The number of rotatable bonds is 1. The predicted octanol–water partition coefficient (Wildman–Crippen LogP) is 2.69. The van der Waals surface area contributed by atoms with Crippen LogP contribution in [0, 0.1) is 0 Å². The van der Waals surface area contributed by atoms with Crippen molar-refractivity contribution < 1.29 is 22.7 Å². The molecule has 6 rings (SSSR count). The molecule has 0 saturated carbocycles. The van der Waals surface area contributed by atoms with Crippen LogP contribution in [-0.4, -0.2) is 53.5 Å². The minimum absolute atomic E-state index is 0.0597. The van der Waals surface area contributed by atoms with Gasteiger partial charge in [0.15, 0.2) is 0 Å². The molecule has 0 unspecified atom stereocenters. The van der Waals surface area contributed by atoms with E-state index < -0.39 is 21.8 Å². The molecule has 0 spiro atoms. The molecule has 0 radical (unpaired) electrons. The highest BCUT2D eigenvalue weighted by atomic mass is 32.2. The van der Waals surface area contributed by atoms with Crippen molar-refractivity contribution in [1.29, 1.82) is 0 Å². The van der Waals surface area contributed by atoms with Gasteiger partial charge in [0.1, 0.15) is 10.7 Å². The molecule has 1 aliphatic heterocycles. The average molecular weight is 576 g/mol. The van der Waals surface area contributed by atoms with Crippen molar-refractivity contribution in [3.05, 3.63) is 78.1 Å². The Morgan fingerprint density at radius 3 is 2.60 bits per heavy atom. The molecule has 0 saturated heterocycles. The van der Waals surface area contributed by atoms with Crippen LogP contribution in [0.5, 0.6) is 5.88 Å². The van der Waals surface area contributed by atoms with Crippen LogP contribution in [0.2, 0.25) is 0 Å². The Kier molecular flexibility index (Phi) is 6.40. The zero-order valence-corrected chi connectivity index (χ0v) is 22.5. The van der Waals surface area contributed by atoms with E-state index in [0.717, 1.165) is 16.8 Å². The molecule has 202 valence electrons. The van der Waals surface area contributed by atoms with E-state index in [4.69, 9.17) is 9.84 Å². The van der Waals surface area contributed by atoms with E-state index in [9.17, 15) is 18.0 Å². The highest BCUT2D eigenvalue weighted by Gasteiger charge is 2.21. The van der Waals surface area contributed by atoms with Gasteiger partial charge in [-0.25, -0.2) is 22.9 Å². The molecule has 5 aromatic rings. The fraction of sp³-hybridized carbons (Fsp3) is 0.115. The van der Waals surface area contributed by atoms with E-state index in [-0.39, 0.29) is 35.1 Å². The van der Waals surface area contributed by atoms with Crippen molar-refractivity contribution in [3.8, 4) is 27.7 Å². The lowest BCUT2D eigenvalue weighted by atomic mass is 10.1. The van der Waals surface area contributed by atoms with Crippen LogP contribution in [-0.2, 0) is 21.4 Å². The molecule has 0 aliphatic carbocycles. The summed E-state index contributed by atoms with van der Waals surface area (Å²) in [6.07, 6.45) is 3.25. The number of imidazole rings is 1. The normalized spacial score (nSPS) is 15.0. The monoisotopic (exact) mass is 575 g/mol. The number of anilines is 1. The zero-order valence-electron chi connectivity index (χ0n) is 20.9. The van der Waals surface area contributed by atoms with Crippen molar-refractivity contribution in [2.45, 2.75) is 11.4 Å². The number of hydrogen-bond donors (Lipinski definition) is 3. The van der Waals surface area contributed by atoms with Gasteiger partial charge in [-0.15, -0.1) is 0 Å². The summed E-state index contributed by atoms with van der Waals surface area (Å²) in [6, 6.07) is 14.7. The zero-order chi connectivity index (χ0) is 27.9. The Morgan fingerprint density at radius 1 is 0.925 bits per heavy atom. The van der Waals surface area contributed by atoms with Crippen LogP contribution in [0.3, 0.4) is 0 Å². The van der Waals surface area contributed by atoms with Gasteiger partial charge in [0, 0.05) is 29.4 Å². The maximum absolute atomic E-state index is 13.3. The average Bonchev–Trinajstić information content (AvgIpc) is 3.56. The number of nitrogens with one attached hydrogen (secondary N) is 3. The lowest BCUT2D eigenvalue weighted by Gasteiger charge is -2.13. The highest BCUT2D eigenvalue weighted by Crippen LogP contribution is 2.34. The Morgan fingerprint density at radius 2 is 1.75 bits per heavy atom. The van der Waals surface area contributed by atoms with Gasteiger partial charge in [-0.2, -0.15) is 5.10 Å². The Bertz CT molecular complexity index is 1900. The molecule has 1 aliphatic rings. The number of carbonyl (C=O) groups excluding carboxylic acids is 2. The summed E-state index contributed by atoms with van der Waals surface area (Å²) in [5.41, 5.74) is 3.16. The molecule has 14 heteroatoms. The first-order valence-corrected chi connectivity index (χ1v) is 14.3. The van der Waals surface area contributed by atoms with Crippen LogP contribution in [0.25, 0.3) is 26.8 Å². The van der Waals surface area contributed by atoms with Crippen molar-refractivity contribution >= 4 is 43.8 Å². The maximum Gasteiger partial charge on any atom is 0.262 e. The quantitative estimate of drug-likeness (QED) is 0.275. The van der Waals surface area contributed by atoms with Gasteiger partial charge in [0.05, 0.1) is 30.4 Å². The number of ether oxygens (including phenoxy) is 1. The third-order valence-electron chi connectivity index (χ3n) is 6.15. The number of aromatic nitrogens is 4. The summed E-state index contributed by atoms with van der Waals surface area (Å²) in [7, 11) is -2.77. The van der Waals surface area contributed by atoms with Crippen molar-refractivity contribution in [2.75, 3.05) is 18.4 Å². The van der Waals surface area contributed by atoms with Gasteiger partial charge >= 0.3 is 0 Å². The summed E-state index contributed by atoms with van der Waals surface area (Å²) in [4.78, 5) is 34.4. The second-order valence-electron chi connectivity index (χ2n) is 8.82. The molecule has 3 N–H and O–H groups in total.